The van der Waals surface area contributed by atoms with Crippen LogP contribution < -0.4 is 9.47 Å². The first kappa shape index (κ1) is 8.52. The molecule has 4 nitrogen and oxygen atoms in total. The van der Waals surface area contributed by atoms with E-state index in [1.54, 1.807) is 18.3 Å². The monoisotopic (exact) mass is 167 g/mol. The summed E-state index contributed by atoms with van der Waals surface area (Å²) in [5.74, 6) is 0.265. The van der Waals surface area contributed by atoms with Gasteiger partial charge in [-0.1, -0.05) is 0 Å². The Labute approximate surface area is 70.1 Å². The number of carbonyl (C=O) groups excluding carboxylic acids is 1. The summed E-state index contributed by atoms with van der Waals surface area (Å²) >= 11 is 0. The van der Waals surface area contributed by atoms with Gasteiger partial charge in [0.2, 0.25) is 0 Å². The van der Waals surface area contributed by atoms with Crippen molar-refractivity contribution in [2.45, 2.75) is 6.92 Å². The molecule has 0 saturated carbocycles. The summed E-state index contributed by atoms with van der Waals surface area (Å²) < 4.78 is 9.67. The van der Waals surface area contributed by atoms with Gasteiger partial charge in [-0.15, -0.1) is 0 Å². The van der Waals surface area contributed by atoms with E-state index < -0.39 is 0 Å². The predicted octanol–water partition coefficient (Wildman–Crippen LogP) is 1.02. The molecule has 0 atom stereocenters. The lowest BCUT2D eigenvalue weighted by atomic mass is 10.4. The van der Waals surface area contributed by atoms with Crippen LogP contribution >= 0.6 is 0 Å². The largest absolute Gasteiger partial charge is 0.478 e. The third-order valence-corrected chi connectivity index (χ3v) is 1.18. The normalized spacial score (nSPS) is 9.17. The number of ether oxygens (including phenoxy) is 2. The van der Waals surface area contributed by atoms with Gasteiger partial charge in [-0.3, -0.25) is 4.79 Å². The van der Waals surface area contributed by atoms with Crippen LogP contribution in [0.1, 0.15) is 6.92 Å². The molecule has 0 unspecified atom stereocenters. The van der Waals surface area contributed by atoms with Crippen molar-refractivity contribution in [3.8, 4) is 11.6 Å². The molecule has 0 aromatic carbocycles. The molecule has 0 aliphatic carbocycles. The van der Waals surface area contributed by atoms with Gasteiger partial charge < -0.3 is 9.47 Å². The molecule has 0 amide bonds. The summed E-state index contributed by atoms with van der Waals surface area (Å²) in [6, 6.07) is 3.29. The van der Waals surface area contributed by atoms with Crippen LogP contribution in [0, 0.1) is 0 Å². The molecular formula is C8H9NO3. The van der Waals surface area contributed by atoms with Gasteiger partial charge in [-0.2, -0.15) is 0 Å². The molecule has 4 heteroatoms. The summed E-state index contributed by atoms with van der Waals surface area (Å²) in [6.45, 7) is 1.33. The van der Waals surface area contributed by atoms with Gasteiger partial charge in [0.15, 0.2) is 5.75 Å². The zero-order valence-corrected chi connectivity index (χ0v) is 6.90. The van der Waals surface area contributed by atoms with E-state index in [-0.39, 0.29) is 5.97 Å². The highest BCUT2D eigenvalue weighted by atomic mass is 16.6. The topological polar surface area (TPSA) is 48.4 Å². The summed E-state index contributed by atoms with van der Waals surface area (Å²) in [5.41, 5.74) is 0. The number of aromatic nitrogens is 1. The Bertz CT molecular complexity index is 285. The van der Waals surface area contributed by atoms with Crippen LogP contribution in [0.3, 0.4) is 0 Å². The Kier molecular flexibility index (Phi) is 2.63. The summed E-state index contributed by atoms with van der Waals surface area (Å²) in [5, 5.41) is 0. The van der Waals surface area contributed by atoms with Gasteiger partial charge in [-0.05, 0) is 12.1 Å². The second kappa shape index (κ2) is 3.71. The zero-order chi connectivity index (χ0) is 8.97. The fourth-order valence-corrected chi connectivity index (χ4v) is 0.762. The smallest absolute Gasteiger partial charge is 0.308 e. The van der Waals surface area contributed by atoms with Crippen LogP contribution in [0.2, 0.25) is 0 Å². The van der Waals surface area contributed by atoms with Crippen LogP contribution in [-0.4, -0.2) is 18.1 Å². The SMILES string of the molecule is COc1ncccc1OC(C)=O. The molecule has 1 aromatic rings. The van der Waals surface area contributed by atoms with Crippen molar-refractivity contribution in [3.63, 3.8) is 0 Å². The van der Waals surface area contributed by atoms with Gasteiger partial charge in [0.1, 0.15) is 0 Å². The fraction of sp³-hybridized carbons (Fsp3) is 0.250. The molecule has 0 spiro atoms. The minimum Gasteiger partial charge on any atom is -0.478 e. The summed E-state index contributed by atoms with van der Waals surface area (Å²) in [4.78, 5) is 14.4. The molecule has 12 heavy (non-hydrogen) atoms. The Morgan fingerprint density at radius 2 is 2.33 bits per heavy atom. The highest BCUT2D eigenvalue weighted by Gasteiger charge is 2.05. The average Bonchev–Trinajstić information content (AvgIpc) is 2.04. The maximum atomic E-state index is 10.6. The fourth-order valence-electron chi connectivity index (χ4n) is 0.762. The van der Waals surface area contributed by atoms with Gasteiger partial charge in [0.25, 0.3) is 5.88 Å². The third kappa shape index (κ3) is 1.95. The Morgan fingerprint density at radius 3 is 2.92 bits per heavy atom. The van der Waals surface area contributed by atoms with E-state index in [2.05, 4.69) is 4.98 Å². The molecular weight excluding hydrogens is 158 g/mol. The zero-order valence-electron chi connectivity index (χ0n) is 6.90. The summed E-state index contributed by atoms with van der Waals surface area (Å²) in [7, 11) is 1.47. The van der Waals surface area contributed by atoms with E-state index in [4.69, 9.17) is 9.47 Å². The molecule has 64 valence electrons. The number of carbonyl (C=O) groups is 1. The Balaban J connectivity index is 2.89. The molecule has 0 fully saturated rings. The van der Waals surface area contributed by atoms with Gasteiger partial charge in [0.05, 0.1) is 7.11 Å². The number of rotatable bonds is 2. The number of hydrogen-bond acceptors (Lipinski definition) is 4. The van der Waals surface area contributed by atoms with Crippen LogP contribution in [0.5, 0.6) is 11.6 Å². The molecule has 1 heterocycles. The standard InChI is InChI=1S/C8H9NO3/c1-6(10)12-7-4-3-5-9-8(7)11-2/h3-5H,1-2H3. The lowest BCUT2D eigenvalue weighted by Crippen LogP contribution is -2.03. The van der Waals surface area contributed by atoms with Crippen LogP contribution in [0.25, 0.3) is 0 Å². The molecule has 0 aliphatic rings. The number of methoxy groups -OCH3 is 1. The Hall–Kier alpha value is -1.58. The van der Waals surface area contributed by atoms with E-state index in [1.165, 1.54) is 14.0 Å². The van der Waals surface area contributed by atoms with Crippen molar-refractivity contribution in [2.24, 2.45) is 0 Å². The van der Waals surface area contributed by atoms with Crippen LogP contribution in [-0.2, 0) is 4.79 Å². The van der Waals surface area contributed by atoms with E-state index in [0.29, 0.717) is 11.6 Å². The van der Waals surface area contributed by atoms with E-state index in [9.17, 15) is 4.79 Å². The van der Waals surface area contributed by atoms with E-state index in [1.807, 2.05) is 0 Å². The molecule has 1 rings (SSSR count). The molecule has 1 aromatic heterocycles. The van der Waals surface area contributed by atoms with Crippen molar-refractivity contribution in [1.82, 2.24) is 4.98 Å². The first-order valence-electron chi connectivity index (χ1n) is 3.41. The lowest BCUT2D eigenvalue weighted by Gasteiger charge is -2.04. The lowest BCUT2D eigenvalue weighted by molar-refractivity contribution is -0.132. The van der Waals surface area contributed by atoms with Gasteiger partial charge in [-0.25, -0.2) is 4.98 Å². The maximum Gasteiger partial charge on any atom is 0.308 e. The number of hydrogen-bond donors (Lipinski definition) is 0. The maximum absolute atomic E-state index is 10.6. The van der Waals surface area contributed by atoms with Gasteiger partial charge >= 0.3 is 5.97 Å². The predicted molar refractivity (Wildman–Crippen MR) is 42.1 cm³/mol. The number of nitrogens with zero attached hydrogens (tertiary/aromatic N) is 1. The molecule has 0 N–H and O–H groups in total. The molecule has 0 radical (unpaired) electrons. The Morgan fingerprint density at radius 1 is 1.58 bits per heavy atom. The highest BCUT2D eigenvalue weighted by molar-refractivity contribution is 5.69. The van der Waals surface area contributed by atoms with Crippen molar-refractivity contribution in [1.29, 1.82) is 0 Å². The number of pyridine rings is 1. The van der Waals surface area contributed by atoms with Crippen molar-refractivity contribution < 1.29 is 14.3 Å². The van der Waals surface area contributed by atoms with Crippen molar-refractivity contribution >= 4 is 5.97 Å². The summed E-state index contributed by atoms with van der Waals surface area (Å²) in [6.07, 6.45) is 1.56. The first-order valence-corrected chi connectivity index (χ1v) is 3.41. The second-order valence-electron chi connectivity index (χ2n) is 2.10. The van der Waals surface area contributed by atoms with Crippen molar-refractivity contribution in [3.05, 3.63) is 18.3 Å². The quantitative estimate of drug-likeness (QED) is 0.617. The van der Waals surface area contributed by atoms with Gasteiger partial charge in [0, 0.05) is 13.1 Å². The van der Waals surface area contributed by atoms with Crippen LogP contribution in [0.15, 0.2) is 18.3 Å². The minimum atomic E-state index is -0.388. The van der Waals surface area contributed by atoms with E-state index in [0.717, 1.165) is 0 Å². The average molecular weight is 167 g/mol. The third-order valence-electron chi connectivity index (χ3n) is 1.18. The second-order valence-corrected chi connectivity index (χ2v) is 2.10. The van der Waals surface area contributed by atoms with E-state index >= 15 is 0 Å². The number of esters is 1. The molecule has 0 bridgehead atoms. The highest BCUT2D eigenvalue weighted by Crippen LogP contribution is 2.22. The van der Waals surface area contributed by atoms with Crippen LogP contribution in [0.4, 0.5) is 0 Å². The molecule has 0 aliphatic heterocycles. The van der Waals surface area contributed by atoms with Crippen molar-refractivity contribution in [2.75, 3.05) is 7.11 Å². The first-order chi connectivity index (χ1) is 5.74. The minimum absolute atomic E-state index is 0.313. The molecule has 0 saturated heterocycles.